The van der Waals surface area contributed by atoms with Gasteiger partial charge in [0.2, 0.25) is 20.0 Å². The Hall–Kier alpha value is -0.560. The molecule has 0 aromatic carbocycles. The molecule has 0 saturated heterocycles. The van der Waals surface area contributed by atoms with E-state index in [9.17, 15) is 16.8 Å². The van der Waals surface area contributed by atoms with Gasteiger partial charge >= 0.3 is 0 Å². The summed E-state index contributed by atoms with van der Waals surface area (Å²) in [5.41, 5.74) is 0. The van der Waals surface area contributed by atoms with Crippen LogP contribution in [0.1, 0.15) is 37.1 Å². The number of fused-ring (bicyclic) bond motifs is 1. The van der Waals surface area contributed by atoms with E-state index in [2.05, 4.69) is 5.32 Å². The van der Waals surface area contributed by atoms with Gasteiger partial charge in [0.25, 0.3) is 0 Å². The highest BCUT2D eigenvalue weighted by molar-refractivity contribution is 7.92. The average molecular weight is 412 g/mol. The van der Waals surface area contributed by atoms with Gasteiger partial charge in [-0.05, 0) is 31.9 Å². The molecule has 1 aromatic heterocycles. The molecule has 3 N–H and O–H groups in total. The number of thiophene rings is 1. The third kappa shape index (κ3) is 4.79. The molecule has 25 heavy (non-hydrogen) atoms. The Morgan fingerprint density at radius 3 is 2.76 bits per heavy atom. The second kappa shape index (κ2) is 8.42. The molecule has 2 rings (SSSR count). The third-order valence-corrected chi connectivity index (χ3v) is 8.65. The van der Waals surface area contributed by atoms with E-state index in [4.69, 9.17) is 9.88 Å². The molecule has 1 aliphatic rings. The van der Waals surface area contributed by atoms with Crippen LogP contribution in [0.3, 0.4) is 0 Å². The number of rotatable bonds is 9. The molecule has 11 heteroatoms. The lowest BCUT2D eigenvalue weighted by molar-refractivity contribution is 0.189. The maximum atomic E-state index is 12.9. The topological polar surface area (TPSA) is 119 Å². The molecule has 0 amide bonds. The van der Waals surface area contributed by atoms with E-state index >= 15 is 0 Å². The number of hydrogen-bond donors (Lipinski definition) is 2. The fraction of sp³-hybridized carbons (Fsp3) is 0.714. The number of methoxy groups -OCH3 is 1. The Balaban J connectivity index is 2.35. The van der Waals surface area contributed by atoms with E-state index < -0.39 is 20.0 Å². The van der Waals surface area contributed by atoms with Crippen LogP contribution in [-0.2, 0) is 24.8 Å². The molecular weight excluding hydrogens is 386 g/mol. The Morgan fingerprint density at radius 1 is 1.44 bits per heavy atom. The van der Waals surface area contributed by atoms with Crippen LogP contribution in [0.2, 0.25) is 0 Å². The van der Waals surface area contributed by atoms with Crippen molar-refractivity contribution in [2.24, 2.45) is 5.14 Å². The summed E-state index contributed by atoms with van der Waals surface area (Å²) in [6.45, 7) is 3.96. The minimum absolute atomic E-state index is 0.0492. The molecule has 8 nitrogen and oxygen atoms in total. The van der Waals surface area contributed by atoms with Crippen LogP contribution in [0.25, 0.3) is 0 Å². The highest BCUT2D eigenvalue weighted by atomic mass is 32.2. The predicted octanol–water partition coefficient (Wildman–Crippen LogP) is 0.867. The fourth-order valence-electron chi connectivity index (χ4n) is 2.70. The summed E-state index contributed by atoms with van der Waals surface area (Å²) in [7, 11) is -6.06. The number of primary sulfonamides is 1. The van der Waals surface area contributed by atoms with Crippen molar-refractivity contribution in [1.29, 1.82) is 0 Å². The van der Waals surface area contributed by atoms with Crippen LogP contribution in [0.4, 0.5) is 0 Å². The maximum absolute atomic E-state index is 12.9. The number of ether oxygens (including phenoxy) is 1. The molecule has 0 bridgehead atoms. The number of nitrogens with zero attached hydrogens (tertiary/aromatic N) is 1. The zero-order valence-corrected chi connectivity index (χ0v) is 16.8. The SMILES string of the molecule is CCCN[C@@H]1CN(CCCCOC)S(=O)(=O)c2cc(S(N)(=O)=O)sc21. The largest absolute Gasteiger partial charge is 0.385 e. The summed E-state index contributed by atoms with van der Waals surface area (Å²) in [6, 6.07) is 0.952. The molecule has 2 heterocycles. The van der Waals surface area contributed by atoms with Gasteiger partial charge in [-0.3, -0.25) is 0 Å². The van der Waals surface area contributed by atoms with Crippen LogP contribution in [-0.4, -0.2) is 54.5 Å². The number of nitrogens with one attached hydrogen (secondary N) is 1. The second-order valence-electron chi connectivity index (χ2n) is 5.91. The van der Waals surface area contributed by atoms with Crippen molar-refractivity contribution in [3.8, 4) is 0 Å². The summed E-state index contributed by atoms with van der Waals surface area (Å²) < 4.78 is 55.3. The van der Waals surface area contributed by atoms with E-state index in [1.54, 1.807) is 7.11 Å². The van der Waals surface area contributed by atoms with E-state index in [1.807, 2.05) is 6.92 Å². The van der Waals surface area contributed by atoms with Gasteiger partial charge in [-0.1, -0.05) is 6.92 Å². The lowest BCUT2D eigenvalue weighted by atomic mass is 10.2. The Morgan fingerprint density at radius 2 is 2.16 bits per heavy atom. The lowest BCUT2D eigenvalue weighted by Crippen LogP contribution is -2.43. The maximum Gasteiger partial charge on any atom is 0.247 e. The van der Waals surface area contributed by atoms with Crippen molar-refractivity contribution in [3.05, 3.63) is 10.9 Å². The van der Waals surface area contributed by atoms with E-state index in [1.165, 1.54) is 10.4 Å². The summed E-state index contributed by atoms with van der Waals surface area (Å²) in [4.78, 5) is 0.568. The first-order valence-electron chi connectivity index (χ1n) is 8.10. The standard InChI is InChI=1S/C14H25N3O5S3/c1-3-6-16-11-10-17(7-4-5-8-22-2)25(20,21)12-9-13(23-14(11)12)24(15,18)19/h9,11,16H,3-8,10H2,1-2H3,(H2,15,18,19)/t11-/m1/s1. The molecule has 1 atom stereocenters. The first-order valence-corrected chi connectivity index (χ1v) is 11.9. The smallest absolute Gasteiger partial charge is 0.247 e. The molecule has 0 radical (unpaired) electrons. The van der Waals surface area contributed by atoms with Crippen LogP contribution in [0.15, 0.2) is 15.2 Å². The Bertz CT molecular complexity index is 789. The van der Waals surface area contributed by atoms with E-state index in [0.29, 0.717) is 31.0 Å². The lowest BCUT2D eigenvalue weighted by Gasteiger charge is -2.32. The molecule has 144 valence electrons. The van der Waals surface area contributed by atoms with Crippen molar-refractivity contribution in [1.82, 2.24) is 9.62 Å². The van der Waals surface area contributed by atoms with E-state index in [-0.39, 0.29) is 21.7 Å². The van der Waals surface area contributed by atoms with Gasteiger partial charge in [-0.25, -0.2) is 22.0 Å². The van der Waals surface area contributed by atoms with Gasteiger partial charge in [0.05, 0.1) is 10.9 Å². The molecule has 0 unspecified atom stereocenters. The van der Waals surface area contributed by atoms with Crippen LogP contribution in [0, 0.1) is 0 Å². The Labute approximate surface area is 153 Å². The predicted molar refractivity (Wildman–Crippen MR) is 96.6 cm³/mol. The minimum Gasteiger partial charge on any atom is -0.385 e. The molecule has 0 fully saturated rings. The van der Waals surface area contributed by atoms with Gasteiger partial charge in [-0.15, -0.1) is 11.3 Å². The monoisotopic (exact) mass is 411 g/mol. The van der Waals surface area contributed by atoms with Gasteiger partial charge in [0.15, 0.2) is 0 Å². The van der Waals surface area contributed by atoms with Gasteiger partial charge in [0, 0.05) is 31.7 Å². The second-order valence-corrected chi connectivity index (χ2v) is 10.7. The summed E-state index contributed by atoms with van der Waals surface area (Å²) in [5.74, 6) is 0. The van der Waals surface area contributed by atoms with Crippen LogP contribution in [0.5, 0.6) is 0 Å². The molecule has 0 spiro atoms. The van der Waals surface area contributed by atoms with Crippen molar-refractivity contribution >= 4 is 31.4 Å². The normalized spacial score (nSPS) is 20.5. The highest BCUT2D eigenvalue weighted by Crippen LogP contribution is 2.39. The highest BCUT2D eigenvalue weighted by Gasteiger charge is 2.39. The molecular formula is C14H25N3O5S3. The zero-order valence-electron chi connectivity index (χ0n) is 14.4. The van der Waals surface area contributed by atoms with Gasteiger partial charge in [0.1, 0.15) is 4.21 Å². The third-order valence-electron chi connectivity index (χ3n) is 3.95. The van der Waals surface area contributed by atoms with E-state index in [0.717, 1.165) is 24.2 Å². The molecule has 1 aromatic rings. The first kappa shape index (κ1) is 20.7. The molecule has 1 aliphatic heterocycles. The summed E-state index contributed by atoms with van der Waals surface area (Å²) in [6.07, 6.45) is 2.32. The summed E-state index contributed by atoms with van der Waals surface area (Å²) in [5, 5.41) is 8.50. The zero-order chi connectivity index (χ0) is 18.7. The van der Waals surface area contributed by atoms with Crippen molar-refractivity contribution in [3.63, 3.8) is 0 Å². The number of unbranched alkanes of at least 4 members (excludes halogenated alkanes) is 1. The molecule has 0 saturated carbocycles. The minimum atomic E-state index is -3.94. The summed E-state index contributed by atoms with van der Waals surface area (Å²) >= 11 is 0.936. The fourth-order valence-corrected chi connectivity index (χ4v) is 6.81. The number of nitrogens with two attached hydrogens (primary N) is 1. The van der Waals surface area contributed by atoms with Crippen molar-refractivity contribution < 1.29 is 21.6 Å². The number of sulfonamides is 2. The number of hydrogen-bond acceptors (Lipinski definition) is 7. The van der Waals surface area contributed by atoms with Gasteiger partial charge in [-0.2, -0.15) is 4.31 Å². The Kier molecular flexibility index (Phi) is 6.99. The first-order chi connectivity index (χ1) is 11.7. The van der Waals surface area contributed by atoms with Crippen molar-refractivity contribution in [2.75, 3.05) is 33.4 Å². The van der Waals surface area contributed by atoms with Crippen molar-refractivity contribution in [2.45, 2.75) is 41.3 Å². The van der Waals surface area contributed by atoms with Gasteiger partial charge < -0.3 is 10.1 Å². The van der Waals surface area contributed by atoms with Crippen LogP contribution < -0.4 is 10.5 Å². The average Bonchev–Trinajstić information content (AvgIpc) is 2.99. The molecule has 0 aliphatic carbocycles. The quantitative estimate of drug-likeness (QED) is 0.582. The van der Waals surface area contributed by atoms with Crippen LogP contribution >= 0.6 is 11.3 Å².